The first-order valence-corrected chi connectivity index (χ1v) is 7.43. The normalized spacial score (nSPS) is 11.3. The van der Waals surface area contributed by atoms with Crippen LogP contribution in [0.1, 0.15) is 25.8 Å². The Kier molecular flexibility index (Phi) is 6.51. The second-order valence-electron chi connectivity index (χ2n) is 4.06. The molecule has 0 aliphatic heterocycles. The quantitative estimate of drug-likeness (QED) is 0.613. The molecule has 0 saturated carbocycles. The van der Waals surface area contributed by atoms with E-state index in [1.165, 1.54) is 0 Å². The lowest BCUT2D eigenvalue weighted by Gasteiger charge is -2.11. The minimum Gasteiger partial charge on any atom is -0.482 e. The maximum absolute atomic E-state index is 11.6. The summed E-state index contributed by atoms with van der Waals surface area (Å²) in [6, 6.07) is 3.80. The third kappa shape index (κ3) is 5.32. The van der Waals surface area contributed by atoms with Gasteiger partial charge in [-0.15, -0.1) is 0 Å². The standard InChI is InChI=1S/C13H16Br2N2O2/c1-4-9(3)16-17-12(18)7-19-13-8(2)5-10(14)6-11(13)15/h5-6H,4,7H2,1-3H3,(H,17,18). The molecule has 6 heteroatoms. The Bertz CT molecular complexity index is 478. The topological polar surface area (TPSA) is 50.7 Å². The molecule has 1 amide bonds. The number of hydrogen-bond donors (Lipinski definition) is 1. The van der Waals surface area contributed by atoms with Crippen molar-refractivity contribution in [3.63, 3.8) is 0 Å². The van der Waals surface area contributed by atoms with E-state index in [1.54, 1.807) is 0 Å². The molecule has 0 aliphatic carbocycles. The third-order valence-electron chi connectivity index (χ3n) is 2.42. The third-order valence-corrected chi connectivity index (χ3v) is 3.47. The molecule has 0 spiro atoms. The van der Waals surface area contributed by atoms with Crippen molar-refractivity contribution in [1.82, 2.24) is 5.43 Å². The van der Waals surface area contributed by atoms with Crippen LogP contribution in [-0.4, -0.2) is 18.2 Å². The average molecular weight is 392 g/mol. The molecular weight excluding hydrogens is 376 g/mol. The van der Waals surface area contributed by atoms with Crippen molar-refractivity contribution < 1.29 is 9.53 Å². The highest BCUT2D eigenvalue weighted by Crippen LogP contribution is 2.32. The largest absolute Gasteiger partial charge is 0.482 e. The zero-order valence-corrected chi connectivity index (χ0v) is 14.3. The molecule has 0 aromatic heterocycles. The lowest BCUT2D eigenvalue weighted by molar-refractivity contribution is -0.123. The first-order valence-electron chi connectivity index (χ1n) is 5.84. The highest BCUT2D eigenvalue weighted by molar-refractivity contribution is 9.11. The fraction of sp³-hybridized carbons (Fsp3) is 0.385. The van der Waals surface area contributed by atoms with Gasteiger partial charge >= 0.3 is 0 Å². The molecule has 0 fully saturated rings. The lowest BCUT2D eigenvalue weighted by Crippen LogP contribution is -2.25. The molecule has 19 heavy (non-hydrogen) atoms. The first kappa shape index (κ1) is 16.2. The summed E-state index contributed by atoms with van der Waals surface area (Å²) >= 11 is 6.80. The highest BCUT2D eigenvalue weighted by atomic mass is 79.9. The van der Waals surface area contributed by atoms with E-state index in [2.05, 4.69) is 42.4 Å². The molecule has 0 heterocycles. The van der Waals surface area contributed by atoms with E-state index in [1.807, 2.05) is 32.9 Å². The molecule has 4 nitrogen and oxygen atoms in total. The number of hydrogen-bond acceptors (Lipinski definition) is 3. The number of carbonyl (C=O) groups is 1. The molecule has 1 aromatic rings. The fourth-order valence-corrected chi connectivity index (χ4v) is 2.83. The number of ether oxygens (including phenoxy) is 1. The average Bonchev–Trinajstić information content (AvgIpc) is 2.34. The molecule has 0 unspecified atom stereocenters. The van der Waals surface area contributed by atoms with Crippen LogP contribution in [0.15, 0.2) is 26.2 Å². The molecule has 0 saturated heterocycles. The zero-order chi connectivity index (χ0) is 14.4. The Morgan fingerprint density at radius 3 is 2.68 bits per heavy atom. The van der Waals surface area contributed by atoms with Crippen LogP contribution in [0.3, 0.4) is 0 Å². The number of nitrogens with one attached hydrogen (secondary N) is 1. The van der Waals surface area contributed by atoms with Gasteiger partial charge in [0.05, 0.1) is 4.47 Å². The van der Waals surface area contributed by atoms with Gasteiger partial charge in [-0.25, -0.2) is 5.43 Å². The molecule has 0 atom stereocenters. The maximum atomic E-state index is 11.6. The number of nitrogens with zero attached hydrogens (tertiary/aromatic N) is 1. The number of rotatable bonds is 5. The van der Waals surface area contributed by atoms with Gasteiger partial charge in [-0.3, -0.25) is 4.79 Å². The van der Waals surface area contributed by atoms with Gasteiger partial charge in [0.2, 0.25) is 0 Å². The molecule has 1 rings (SSSR count). The molecule has 1 aromatic carbocycles. The second-order valence-corrected chi connectivity index (χ2v) is 5.83. The number of amides is 1. The van der Waals surface area contributed by atoms with Crippen molar-refractivity contribution in [3.8, 4) is 5.75 Å². The van der Waals surface area contributed by atoms with Gasteiger partial charge in [0.1, 0.15) is 5.75 Å². The highest BCUT2D eigenvalue weighted by Gasteiger charge is 2.09. The Balaban J connectivity index is 2.60. The Morgan fingerprint density at radius 2 is 2.11 bits per heavy atom. The molecule has 0 bridgehead atoms. The van der Waals surface area contributed by atoms with Crippen LogP contribution in [0, 0.1) is 6.92 Å². The number of hydrazone groups is 1. The number of benzene rings is 1. The number of halogens is 2. The fourth-order valence-electron chi connectivity index (χ4n) is 1.28. The number of carbonyl (C=O) groups excluding carboxylic acids is 1. The molecule has 0 radical (unpaired) electrons. The first-order chi connectivity index (χ1) is 8.93. The summed E-state index contributed by atoms with van der Waals surface area (Å²) in [5.74, 6) is 0.386. The minimum absolute atomic E-state index is 0.0679. The van der Waals surface area contributed by atoms with Crippen molar-refractivity contribution in [2.24, 2.45) is 5.10 Å². The Morgan fingerprint density at radius 1 is 1.42 bits per heavy atom. The van der Waals surface area contributed by atoms with Gasteiger partial charge in [-0.2, -0.15) is 5.10 Å². The van der Waals surface area contributed by atoms with Crippen LogP contribution in [0.4, 0.5) is 0 Å². The van der Waals surface area contributed by atoms with E-state index in [0.717, 1.165) is 26.6 Å². The zero-order valence-electron chi connectivity index (χ0n) is 11.1. The van der Waals surface area contributed by atoms with Gasteiger partial charge in [0.25, 0.3) is 5.91 Å². The summed E-state index contributed by atoms with van der Waals surface area (Å²) in [6.07, 6.45) is 0.804. The van der Waals surface area contributed by atoms with Crippen molar-refractivity contribution in [3.05, 3.63) is 26.6 Å². The van der Waals surface area contributed by atoms with Crippen LogP contribution in [-0.2, 0) is 4.79 Å². The Hall–Kier alpha value is -0.880. The van der Waals surface area contributed by atoms with Crippen molar-refractivity contribution in [1.29, 1.82) is 0 Å². The van der Waals surface area contributed by atoms with Crippen LogP contribution < -0.4 is 10.2 Å². The predicted molar refractivity (Wildman–Crippen MR) is 83.6 cm³/mol. The summed E-state index contributed by atoms with van der Waals surface area (Å²) < 4.78 is 7.26. The van der Waals surface area contributed by atoms with Gasteiger partial charge in [0.15, 0.2) is 6.61 Å². The minimum atomic E-state index is -0.276. The van der Waals surface area contributed by atoms with E-state index in [-0.39, 0.29) is 12.5 Å². The summed E-state index contributed by atoms with van der Waals surface area (Å²) in [5, 5.41) is 3.93. The van der Waals surface area contributed by atoms with E-state index in [4.69, 9.17) is 4.74 Å². The summed E-state index contributed by atoms with van der Waals surface area (Å²) in [4.78, 5) is 11.6. The molecule has 0 aliphatic rings. The lowest BCUT2D eigenvalue weighted by atomic mass is 10.2. The molecular formula is C13H16Br2N2O2. The molecule has 104 valence electrons. The summed E-state index contributed by atoms with van der Waals surface area (Å²) in [5.41, 5.74) is 4.27. The van der Waals surface area contributed by atoms with Gasteiger partial charge < -0.3 is 4.74 Å². The van der Waals surface area contributed by atoms with E-state index < -0.39 is 0 Å². The SMILES string of the molecule is CCC(C)=NNC(=O)COc1c(C)cc(Br)cc1Br. The van der Waals surface area contributed by atoms with Crippen LogP contribution >= 0.6 is 31.9 Å². The predicted octanol–water partition coefficient (Wildman–Crippen LogP) is 3.80. The summed E-state index contributed by atoms with van der Waals surface area (Å²) in [6.45, 7) is 5.68. The number of aryl methyl sites for hydroxylation is 1. The van der Waals surface area contributed by atoms with E-state index in [9.17, 15) is 4.79 Å². The van der Waals surface area contributed by atoms with Crippen molar-refractivity contribution in [2.75, 3.05) is 6.61 Å². The maximum Gasteiger partial charge on any atom is 0.277 e. The van der Waals surface area contributed by atoms with Gasteiger partial charge in [-0.05, 0) is 53.9 Å². The second kappa shape index (κ2) is 7.65. The van der Waals surface area contributed by atoms with Gasteiger partial charge in [-0.1, -0.05) is 22.9 Å². The Labute approximate surface area is 129 Å². The monoisotopic (exact) mass is 390 g/mol. The van der Waals surface area contributed by atoms with Crippen LogP contribution in [0.5, 0.6) is 5.75 Å². The smallest absolute Gasteiger partial charge is 0.277 e. The van der Waals surface area contributed by atoms with E-state index in [0.29, 0.717) is 5.75 Å². The summed E-state index contributed by atoms with van der Waals surface area (Å²) in [7, 11) is 0. The van der Waals surface area contributed by atoms with Gasteiger partial charge in [0, 0.05) is 10.2 Å². The molecule has 1 N–H and O–H groups in total. The van der Waals surface area contributed by atoms with Crippen LogP contribution in [0.2, 0.25) is 0 Å². The van der Waals surface area contributed by atoms with E-state index >= 15 is 0 Å². The van der Waals surface area contributed by atoms with Crippen LogP contribution in [0.25, 0.3) is 0 Å². The van der Waals surface area contributed by atoms with Crippen molar-refractivity contribution in [2.45, 2.75) is 27.2 Å². The van der Waals surface area contributed by atoms with Crippen molar-refractivity contribution >= 4 is 43.5 Å².